The lowest BCUT2D eigenvalue weighted by molar-refractivity contribution is 0.0129. The minimum absolute atomic E-state index is 0.241. The van der Waals surface area contributed by atoms with Gasteiger partial charge in [-0.2, -0.15) is 0 Å². The van der Waals surface area contributed by atoms with Crippen LogP contribution in [0.25, 0.3) is 0 Å². The molecule has 0 aromatic rings. The molecule has 4 nitrogen and oxygen atoms in total. The molecule has 1 heterocycles. The van der Waals surface area contributed by atoms with Crippen LogP contribution >= 0.6 is 0 Å². The summed E-state index contributed by atoms with van der Waals surface area (Å²) in [7, 11) is 0. The Kier molecular flexibility index (Phi) is 2.40. The highest BCUT2D eigenvalue weighted by Gasteiger charge is 2.47. The summed E-state index contributed by atoms with van der Waals surface area (Å²) in [6.07, 6.45) is 3.14. The maximum Gasteiger partial charge on any atom is 0.111 e. The standard InChI is InChI=1S/C8H13NO3/c1-3-8(2)7(12)6(11)5(4-10)9-8/h1,5-7,9-12H,4H2,2H3/t5-,6-,7-,8-/m1/s1. The number of nitrogens with one attached hydrogen (secondary N) is 1. The third kappa shape index (κ3) is 1.21. The normalized spacial score (nSPS) is 47.4. The van der Waals surface area contributed by atoms with E-state index in [2.05, 4.69) is 11.2 Å². The first-order chi connectivity index (χ1) is 5.55. The highest BCUT2D eigenvalue weighted by atomic mass is 16.3. The summed E-state index contributed by atoms with van der Waals surface area (Å²) < 4.78 is 0. The highest BCUT2D eigenvalue weighted by Crippen LogP contribution is 2.23. The summed E-state index contributed by atoms with van der Waals surface area (Å²) in [5.41, 5.74) is -0.938. The highest BCUT2D eigenvalue weighted by molar-refractivity contribution is 5.21. The smallest absolute Gasteiger partial charge is 0.111 e. The zero-order valence-corrected chi connectivity index (χ0v) is 6.86. The van der Waals surface area contributed by atoms with Crippen LogP contribution in [0.15, 0.2) is 0 Å². The van der Waals surface area contributed by atoms with Crippen molar-refractivity contribution in [3.05, 3.63) is 0 Å². The van der Waals surface area contributed by atoms with E-state index in [1.54, 1.807) is 6.92 Å². The van der Waals surface area contributed by atoms with Gasteiger partial charge in [-0.15, -0.1) is 6.42 Å². The molecule has 0 aliphatic carbocycles. The first-order valence-corrected chi connectivity index (χ1v) is 3.77. The van der Waals surface area contributed by atoms with E-state index in [0.29, 0.717) is 0 Å². The van der Waals surface area contributed by atoms with Crippen molar-refractivity contribution in [1.29, 1.82) is 0 Å². The molecule has 4 atom stereocenters. The van der Waals surface area contributed by atoms with Gasteiger partial charge < -0.3 is 15.3 Å². The lowest BCUT2D eigenvalue weighted by Crippen LogP contribution is -2.45. The fraction of sp³-hybridized carbons (Fsp3) is 0.750. The van der Waals surface area contributed by atoms with E-state index in [0.717, 1.165) is 0 Å². The van der Waals surface area contributed by atoms with Gasteiger partial charge in [0.15, 0.2) is 0 Å². The molecule has 0 aromatic heterocycles. The number of terminal acetylenes is 1. The lowest BCUT2D eigenvalue weighted by atomic mass is 9.96. The molecule has 1 fully saturated rings. The van der Waals surface area contributed by atoms with E-state index in [1.165, 1.54) is 0 Å². The van der Waals surface area contributed by atoms with Crippen LogP contribution in [0.1, 0.15) is 6.92 Å². The van der Waals surface area contributed by atoms with Crippen molar-refractivity contribution in [2.24, 2.45) is 0 Å². The fourth-order valence-electron chi connectivity index (χ4n) is 1.40. The Morgan fingerprint density at radius 1 is 1.58 bits per heavy atom. The molecule has 0 saturated carbocycles. The fourth-order valence-corrected chi connectivity index (χ4v) is 1.40. The van der Waals surface area contributed by atoms with Gasteiger partial charge in [-0.1, -0.05) is 5.92 Å². The second kappa shape index (κ2) is 3.04. The van der Waals surface area contributed by atoms with Crippen LogP contribution in [0.2, 0.25) is 0 Å². The van der Waals surface area contributed by atoms with Gasteiger partial charge in [0, 0.05) is 0 Å². The number of hydrogen-bond donors (Lipinski definition) is 4. The molecule has 4 N–H and O–H groups in total. The van der Waals surface area contributed by atoms with Crippen LogP contribution < -0.4 is 5.32 Å². The van der Waals surface area contributed by atoms with Crippen LogP contribution in [-0.2, 0) is 0 Å². The first-order valence-electron chi connectivity index (χ1n) is 3.77. The maximum absolute atomic E-state index is 9.45. The average molecular weight is 171 g/mol. The SMILES string of the molecule is C#C[C@@]1(C)N[C@H](CO)[C@@H](O)[C@H]1O. The number of rotatable bonds is 1. The van der Waals surface area contributed by atoms with Gasteiger partial charge >= 0.3 is 0 Å². The predicted molar refractivity (Wildman–Crippen MR) is 43.3 cm³/mol. The molecule has 4 heteroatoms. The molecule has 0 aromatic carbocycles. The second-order valence-electron chi connectivity index (χ2n) is 3.22. The molecule has 12 heavy (non-hydrogen) atoms. The summed E-state index contributed by atoms with van der Waals surface area (Å²) in [4.78, 5) is 0. The van der Waals surface area contributed by atoms with Crippen LogP contribution in [0.3, 0.4) is 0 Å². The predicted octanol–water partition coefficient (Wildman–Crippen LogP) is -1.94. The molecular weight excluding hydrogens is 158 g/mol. The topological polar surface area (TPSA) is 72.7 Å². The summed E-state index contributed by atoms with van der Waals surface area (Å²) in [6, 6.07) is -0.541. The molecule has 68 valence electrons. The van der Waals surface area contributed by atoms with Crippen molar-refractivity contribution < 1.29 is 15.3 Å². The van der Waals surface area contributed by atoms with Crippen LogP contribution in [-0.4, -0.2) is 45.7 Å². The van der Waals surface area contributed by atoms with Gasteiger partial charge in [0.1, 0.15) is 17.7 Å². The van der Waals surface area contributed by atoms with E-state index in [1.807, 2.05) is 0 Å². The van der Waals surface area contributed by atoms with Crippen LogP contribution in [0.5, 0.6) is 0 Å². The summed E-state index contributed by atoms with van der Waals surface area (Å²) in [6.45, 7) is 1.37. The Hall–Kier alpha value is -0.600. The quantitative estimate of drug-likeness (QED) is 0.346. The average Bonchev–Trinajstić information content (AvgIpc) is 2.31. The molecule has 0 unspecified atom stereocenters. The van der Waals surface area contributed by atoms with Gasteiger partial charge in [0.05, 0.1) is 12.6 Å². The molecule has 1 saturated heterocycles. The van der Waals surface area contributed by atoms with E-state index >= 15 is 0 Å². The van der Waals surface area contributed by atoms with Crippen LogP contribution in [0, 0.1) is 12.3 Å². The Morgan fingerprint density at radius 2 is 2.17 bits per heavy atom. The molecule has 1 aliphatic heterocycles. The van der Waals surface area contributed by atoms with Gasteiger partial charge in [-0.25, -0.2) is 0 Å². The van der Waals surface area contributed by atoms with Crippen molar-refractivity contribution in [1.82, 2.24) is 5.32 Å². The van der Waals surface area contributed by atoms with Gasteiger partial charge in [-0.3, -0.25) is 5.32 Å². The molecule has 1 aliphatic rings. The van der Waals surface area contributed by atoms with E-state index in [9.17, 15) is 10.2 Å². The first kappa shape index (κ1) is 9.49. The summed E-state index contributed by atoms with van der Waals surface area (Å²) in [5.74, 6) is 2.35. The number of hydrogen-bond acceptors (Lipinski definition) is 4. The minimum Gasteiger partial charge on any atom is -0.395 e. The monoisotopic (exact) mass is 171 g/mol. The van der Waals surface area contributed by atoms with Gasteiger partial charge in [0.2, 0.25) is 0 Å². The second-order valence-corrected chi connectivity index (χ2v) is 3.22. The third-order valence-electron chi connectivity index (χ3n) is 2.31. The van der Waals surface area contributed by atoms with Crippen molar-refractivity contribution in [3.8, 4) is 12.3 Å². The lowest BCUT2D eigenvalue weighted by Gasteiger charge is -2.21. The largest absolute Gasteiger partial charge is 0.395 e. The van der Waals surface area contributed by atoms with E-state index in [4.69, 9.17) is 11.5 Å². The Morgan fingerprint density at radius 3 is 2.42 bits per heavy atom. The summed E-state index contributed by atoms with van der Waals surface area (Å²) in [5, 5.41) is 30.4. The van der Waals surface area contributed by atoms with E-state index in [-0.39, 0.29) is 6.61 Å². The molecule has 0 bridgehead atoms. The van der Waals surface area contributed by atoms with Crippen molar-refractivity contribution in [3.63, 3.8) is 0 Å². The minimum atomic E-state index is -1.03. The molecule has 0 spiro atoms. The Balaban J connectivity index is 2.81. The van der Waals surface area contributed by atoms with Gasteiger partial charge in [-0.05, 0) is 6.92 Å². The summed E-state index contributed by atoms with van der Waals surface area (Å²) >= 11 is 0. The Labute approximate surface area is 71.2 Å². The molecule has 0 radical (unpaired) electrons. The van der Waals surface area contributed by atoms with Gasteiger partial charge in [0.25, 0.3) is 0 Å². The number of aliphatic hydroxyl groups excluding tert-OH is 3. The Bertz CT molecular complexity index is 213. The zero-order chi connectivity index (χ0) is 9.35. The van der Waals surface area contributed by atoms with E-state index < -0.39 is 23.8 Å². The molecular formula is C8H13NO3. The van der Waals surface area contributed by atoms with Crippen LogP contribution in [0.4, 0.5) is 0 Å². The molecule has 0 amide bonds. The van der Waals surface area contributed by atoms with Crippen molar-refractivity contribution in [2.45, 2.75) is 30.7 Å². The third-order valence-corrected chi connectivity index (χ3v) is 2.31. The maximum atomic E-state index is 9.45. The number of aliphatic hydroxyl groups is 3. The van der Waals surface area contributed by atoms with Crippen molar-refractivity contribution >= 4 is 0 Å². The van der Waals surface area contributed by atoms with Crippen molar-refractivity contribution in [2.75, 3.05) is 6.61 Å². The zero-order valence-electron chi connectivity index (χ0n) is 6.86. The molecule has 1 rings (SSSR count).